The summed E-state index contributed by atoms with van der Waals surface area (Å²) in [7, 11) is -2.23. The Labute approximate surface area is 201 Å². The molecule has 4 atom stereocenters. The van der Waals surface area contributed by atoms with E-state index in [1.807, 2.05) is 24.3 Å². The van der Waals surface area contributed by atoms with Crippen molar-refractivity contribution < 1.29 is 18.3 Å². The lowest BCUT2D eigenvalue weighted by molar-refractivity contribution is 0.0290. The number of nitrogens with one attached hydrogen (secondary N) is 1. The molecule has 1 aliphatic heterocycles. The number of para-hydroxylation sites is 1. The molecule has 0 unspecified atom stereocenters. The Morgan fingerprint density at radius 2 is 1.85 bits per heavy atom. The highest BCUT2D eigenvalue weighted by Crippen LogP contribution is 2.45. The van der Waals surface area contributed by atoms with E-state index < -0.39 is 16.1 Å². The molecule has 5 rings (SSSR count). The van der Waals surface area contributed by atoms with E-state index in [0.29, 0.717) is 23.6 Å². The van der Waals surface area contributed by atoms with Gasteiger partial charge in [0.2, 0.25) is 0 Å². The van der Waals surface area contributed by atoms with Crippen LogP contribution in [0.15, 0.2) is 71.8 Å². The first-order valence-corrected chi connectivity index (χ1v) is 13.2. The number of hydrogen-bond acceptors (Lipinski definition) is 5. The molecule has 2 heterocycles. The van der Waals surface area contributed by atoms with Crippen molar-refractivity contribution >= 4 is 20.9 Å². The van der Waals surface area contributed by atoms with Gasteiger partial charge in [0.25, 0.3) is 10.0 Å². The van der Waals surface area contributed by atoms with Gasteiger partial charge in [-0.05, 0) is 86.4 Å². The van der Waals surface area contributed by atoms with Crippen molar-refractivity contribution in [3.63, 3.8) is 0 Å². The molecule has 0 spiro atoms. The zero-order valence-electron chi connectivity index (χ0n) is 19.9. The van der Waals surface area contributed by atoms with Crippen LogP contribution in [0.1, 0.15) is 32.3 Å². The maximum Gasteiger partial charge on any atom is 0.268 e. The van der Waals surface area contributed by atoms with Crippen molar-refractivity contribution in [1.29, 1.82) is 0 Å². The van der Waals surface area contributed by atoms with E-state index >= 15 is 0 Å². The summed E-state index contributed by atoms with van der Waals surface area (Å²) in [6.07, 6.45) is 3.65. The highest BCUT2D eigenvalue weighted by molar-refractivity contribution is 7.90. The lowest BCUT2D eigenvalue weighted by Crippen LogP contribution is -2.62. The Morgan fingerprint density at radius 3 is 2.56 bits per heavy atom. The Kier molecular flexibility index (Phi) is 5.62. The number of rotatable bonds is 5. The number of nitrogens with zero attached hydrogens (tertiary/aromatic N) is 1. The molecule has 2 fully saturated rings. The average Bonchev–Trinajstić information content (AvgIpc) is 3.19. The van der Waals surface area contributed by atoms with Crippen LogP contribution in [-0.2, 0) is 16.4 Å². The van der Waals surface area contributed by atoms with Crippen molar-refractivity contribution in [2.75, 3.05) is 7.11 Å². The summed E-state index contributed by atoms with van der Waals surface area (Å²) in [5.41, 5.74) is 2.39. The quantitative estimate of drug-likeness (QED) is 0.537. The first-order chi connectivity index (χ1) is 16.1. The molecule has 1 saturated carbocycles. The highest BCUT2D eigenvalue weighted by atomic mass is 32.2. The van der Waals surface area contributed by atoms with Crippen LogP contribution in [0.5, 0.6) is 5.75 Å². The van der Waals surface area contributed by atoms with E-state index in [2.05, 4.69) is 25.7 Å². The number of fused-ring (bicyclic) bond motifs is 3. The third kappa shape index (κ3) is 3.76. The van der Waals surface area contributed by atoms with Crippen LogP contribution >= 0.6 is 0 Å². The highest BCUT2D eigenvalue weighted by Gasteiger charge is 2.47. The fourth-order valence-corrected chi connectivity index (χ4v) is 7.19. The fraction of sp³-hybridized carbons (Fsp3) is 0.407. The van der Waals surface area contributed by atoms with Gasteiger partial charge in [-0.3, -0.25) is 0 Å². The smallest absolute Gasteiger partial charge is 0.268 e. The van der Waals surface area contributed by atoms with Gasteiger partial charge in [-0.2, -0.15) is 0 Å². The molecule has 2 aromatic carbocycles. The first kappa shape index (κ1) is 23.1. The Bertz CT molecular complexity index is 1340. The lowest BCUT2D eigenvalue weighted by Gasteiger charge is -2.53. The first-order valence-electron chi connectivity index (χ1n) is 11.7. The maximum absolute atomic E-state index is 13.6. The molecular weight excluding hydrogens is 448 g/mol. The fourth-order valence-electron chi connectivity index (χ4n) is 5.80. The summed E-state index contributed by atoms with van der Waals surface area (Å²) in [5, 5.41) is 15.4. The summed E-state index contributed by atoms with van der Waals surface area (Å²) >= 11 is 0. The molecular formula is C27H32N2O4S. The second-order valence-electron chi connectivity index (χ2n) is 10.2. The Hall–Kier alpha value is -2.61. The van der Waals surface area contributed by atoms with Crippen LogP contribution in [0.25, 0.3) is 10.9 Å². The van der Waals surface area contributed by atoms with Crippen molar-refractivity contribution in [3.05, 3.63) is 72.4 Å². The molecule has 7 heteroatoms. The molecule has 0 amide bonds. The number of aromatic nitrogens is 1. The Morgan fingerprint density at radius 1 is 1.15 bits per heavy atom. The summed E-state index contributed by atoms with van der Waals surface area (Å²) in [4.78, 5) is 0.212. The second kappa shape index (κ2) is 8.26. The minimum absolute atomic E-state index is 0.0663. The van der Waals surface area contributed by atoms with E-state index in [9.17, 15) is 13.5 Å². The molecule has 180 valence electrons. The third-order valence-corrected chi connectivity index (χ3v) is 9.52. The van der Waals surface area contributed by atoms with Gasteiger partial charge in [0.15, 0.2) is 0 Å². The molecule has 34 heavy (non-hydrogen) atoms. The number of piperidine rings is 1. The van der Waals surface area contributed by atoms with Crippen molar-refractivity contribution in [2.24, 2.45) is 11.8 Å². The van der Waals surface area contributed by atoms with E-state index in [1.54, 1.807) is 37.6 Å². The molecule has 6 nitrogen and oxygen atoms in total. The molecule has 2 aliphatic rings. The summed E-state index contributed by atoms with van der Waals surface area (Å²) in [6.45, 7) is 8.60. The third-order valence-electron chi connectivity index (χ3n) is 7.83. The summed E-state index contributed by atoms with van der Waals surface area (Å²) in [5.74, 6) is 1.14. The standard InChI is InChI=1S/C27H32N2O4S/c1-17-23-14-19(15-26(17)30)27(2,3)28-24(23)13-18-16-29(25-8-6-5-7-22(18)25)34(31,32)21-11-9-20(33-4)10-12-21/h5-12,16,19,23-24,26,28,30H,1,13-15H2,2-4H3/t19-,23+,24-,26-/m1/s1. The average molecular weight is 481 g/mol. The van der Waals surface area contributed by atoms with E-state index in [1.165, 1.54) is 3.97 Å². The van der Waals surface area contributed by atoms with Gasteiger partial charge in [0.1, 0.15) is 5.75 Å². The molecule has 1 saturated heterocycles. The predicted molar refractivity (Wildman–Crippen MR) is 134 cm³/mol. The zero-order valence-corrected chi connectivity index (χ0v) is 20.7. The molecule has 3 aromatic rings. The lowest BCUT2D eigenvalue weighted by atomic mass is 9.63. The number of aliphatic hydroxyl groups excluding tert-OH is 1. The van der Waals surface area contributed by atoms with E-state index in [0.717, 1.165) is 29.4 Å². The van der Waals surface area contributed by atoms with Crippen LogP contribution < -0.4 is 10.1 Å². The second-order valence-corrected chi connectivity index (χ2v) is 12.0. The van der Waals surface area contributed by atoms with Crippen LogP contribution in [0.2, 0.25) is 0 Å². The zero-order chi connectivity index (χ0) is 24.3. The van der Waals surface area contributed by atoms with Crippen molar-refractivity contribution in [2.45, 2.75) is 55.7 Å². The number of hydrogen-bond donors (Lipinski definition) is 2. The number of methoxy groups -OCH3 is 1. The van der Waals surface area contributed by atoms with Gasteiger partial charge in [-0.15, -0.1) is 0 Å². The monoisotopic (exact) mass is 480 g/mol. The molecule has 1 aliphatic carbocycles. The van der Waals surface area contributed by atoms with Gasteiger partial charge in [0, 0.05) is 23.2 Å². The maximum atomic E-state index is 13.6. The largest absolute Gasteiger partial charge is 0.497 e. The summed E-state index contributed by atoms with van der Waals surface area (Å²) < 4.78 is 33.7. The van der Waals surface area contributed by atoms with Crippen molar-refractivity contribution in [1.82, 2.24) is 9.29 Å². The number of benzene rings is 2. The molecule has 1 aromatic heterocycles. The Balaban J connectivity index is 1.55. The SMILES string of the molecule is C=C1[C@H](O)C[C@H]2C[C@@H]1[C@@H](Cc1cn(S(=O)(=O)c3ccc(OC)cc3)c3ccccc13)NC2(C)C. The summed E-state index contributed by atoms with van der Waals surface area (Å²) in [6, 6.07) is 14.1. The minimum atomic E-state index is -3.79. The van der Waals surface area contributed by atoms with E-state index in [4.69, 9.17) is 4.74 Å². The normalized spacial score (nSPS) is 26.5. The van der Waals surface area contributed by atoms with Gasteiger partial charge in [-0.1, -0.05) is 24.8 Å². The predicted octanol–water partition coefficient (Wildman–Crippen LogP) is 4.12. The van der Waals surface area contributed by atoms with Crippen LogP contribution in [0, 0.1) is 11.8 Å². The minimum Gasteiger partial charge on any atom is -0.497 e. The van der Waals surface area contributed by atoms with Crippen LogP contribution in [0.4, 0.5) is 0 Å². The van der Waals surface area contributed by atoms with Gasteiger partial charge in [-0.25, -0.2) is 12.4 Å². The molecule has 0 radical (unpaired) electrons. The van der Waals surface area contributed by atoms with Crippen LogP contribution in [-0.4, -0.2) is 42.3 Å². The molecule has 2 bridgehead atoms. The molecule has 2 N–H and O–H groups in total. The van der Waals surface area contributed by atoms with Gasteiger partial charge >= 0.3 is 0 Å². The van der Waals surface area contributed by atoms with Crippen LogP contribution in [0.3, 0.4) is 0 Å². The van der Waals surface area contributed by atoms with Crippen molar-refractivity contribution in [3.8, 4) is 5.75 Å². The van der Waals surface area contributed by atoms with Gasteiger partial charge < -0.3 is 15.2 Å². The number of ether oxygens (including phenoxy) is 1. The van der Waals surface area contributed by atoms with E-state index in [-0.39, 0.29) is 22.4 Å². The number of aliphatic hydroxyl groups is 1. The topological polar surface area (TPSA) is 80.6 Å². The van der Waals surface area contributed by atoms with Gasteiger partial charge in [0.05, 0.1) is 23.6 Å².